The van der Waals surface area contributed by atoms with E-state index in [4.69, 9.17) is 0 Å². The smallest absolute Gasteiger partial charge is 0.315 e. The number of carbonyl (C=O) groups is 2. The molecule has 6 nitrogen and oxygen atoms in total. The Kier molecular flexibility index (Phi) is 5.32. The van der Waals surface area contributed by atoms with Crippen LogP contribution in [0.15, 0.2) is 24.3 Å². The lowest BCUT2D eigenvalue weighted by atomic mass is 10.2. The van der Waals surface area contributed by atoms with Crippen molar-refractivity contribution >= 4 is 17.6 Å². The zero-order valence-electron chi connectivity index (χ0n) is 12.9. The van der Waals surface area contributed by atoms with Gasteiger partial charge in [0.25, 0.3) is 0 Å². The van der Waals surface area contributed by atoms with Crippen molar-refractivity contribution in [3.63, 3.8) is 0 Å². The molecule has 1 aliphatic rings. The number of hydrogen-bond acceptors (Lipinski definition) is 2. The highest BCUT2D eigenvalue weighted by Crippen LogP contribution is 2.22. The van der Waals surface area contributed by atoms with Gasteiger partial charge >= 0.3 is 6.03 Å². The Morgan fingerprint density at radius 3 is 2.91 bits per heavy atom. The monoisotopic (exact) mass is 309 g/mol. The van der Waals surface area contributed by atoms with Crippen LogP contribution >= 0.6 is 0 Å². The number of urea groups is 1. The van der Waals surface area contributed by atoms with E-state index in [0.29, 0.717) is 18.8 Å². The van der Waals surface area contributed by atoms with E-state index < -0.39 is 0 Å². The van der Waals surface area contributed by atoms with Crippen LogP contribution in [-0.4, -0.2) is 51.7 Å². The topological polar surface area (TPSA) is 65.9 Å². The molecule has 1 aromatic rings. The van der Waals surface area contributed by atoms with Crippen molar-refractivity contribution < 1.29 is 18.9 Å². The molecule has 0 saturated carbocycles. The molecule has 0 spiro atoms. The van der Waals surface area contributed by atoms with Crippen molar-refractivity contribution in [2.24, 2.45) is 0 Å². The number of amides is 3. The summed E-state index contributed by atoms with van der Waals surface area (Å²) < 4.78 is 13.2. The molecular formula is C15H22FN4O2+. The average Bonchev–Trinajstić information content (AvgIpc) is 2.79. The second-order valence-electron chi connectivity index (χ2n) is 5.74. The average molecular weight is 309 g/mol. The molecule has 1 aliphatic heterocycles. The Labute approximate surface area is 129 Å². The maximum Gasteiger partial charge on any atom is 0.315 e. The normalized spacial score (nSPS) is 17.9. The van der Waals surface area contributed by atoms with Gasteiger partial charge in [0, 0.05) is 18.7 Å². The van der Waals surface area contributed by atoms with E-state index >= 15 is 0 Å². The largest absolute Gasteiger partial charge is 0.338 e. The van der Waals surface area contributed by atoms with Crippen molar-refractivity contribution in [3.8, 4) is 0 Å². The molecule has 1 atom stereocenters. The third-order valence-corrected chi connectivity index (χ3v) is 3.49. The molecule has 1 fully saturated rings. The number of likely N-dealkylation sites (N-methyl/N-ethyl adjacent to an activating group) is 1. The summed E-state index contributed by atoms with van der Waals surface area (Å²) in [6, 6.07) is 5.36. The van der Waals surface area contributed by atoms with Gasteiger partial charge in [-0.15, -0.1) is 0 Å². The number of quaternary nitrogens is 1. The summed E-state index contributed by atoms with van der Waals surface area (Å²) in [5.41, 5.74) is 0.519. The van der Waals surface area contributed by atoms with E-state index in [1.54, 1.807) is 12.1 Å². The first-order valence-corrected chi connectivity index (χ1v) is 7.35. The maximum absolute atomic E-state index is 13.2. The molecule has 0 unspecified atom stereocenters. The number of carbonyl (C=O) groups excluding carboxylic acids is 2. The van der Waals surface area contributed by atoms with Crippen LogP contribution in [0.3, 0.4) is 0 Å². The van der Waals surface area contributed by atoms with Crippen LogP contribution in [-0.2, 0) is 4.79 Å². The summed E-state index contributed by atoms with van der Waals surface area (Å²) in [6.45, 7) is 1.75. The minimum absolute atomic E-state index is 0.117. The summed E-state index contributed by atoms with van der Waals surface area (Å²) in [4.78, 5) is 26.5. The van der Waals surface area contributed by atoms with Crippen LogP contribution in [0.5, 0.6) is 0 Å². The fraction of sp³-hybridized carbons (Fsp3) is 0.467. The van der Waals surface area contributed by atoms with Crippen LogP contribution in [0.1, 0.15) is 6.42 Å². The first-order valence-electron chi connectivity index (χ1n) is 7.35. The first kappa shape index (κ1) is 16.2. The van der Waals surface area contributed by atoms with Gasteiger partial charge in [-0.05, 0) is 18.2 Å². The predicted molar refractivity (Wildman–Crippen MR) is 81.4 cm³/mol. The zero-order chi connectivity index (χ0) is 16.1. The molecule has 22 heavy (non-hydrogen) atoms. The van der Waals surface area contributed by atoms with E-state index in [2.05, 4.69) is 10.6 Å². The third kappa shape index (κ3) is 4.42. The second kappa shape index (κ2) is 7.22. The Bertz CT molecular complexity index is 550. The third-order valence-electron chi connectivity index (χ3n) is 3.49. The minimum Gasteiger partial charge on any atom is -0.338 e. The SMILES string of the molecule is C[NH+](C)CCNC(=O)N[C@@H]1CC(=O)N(c2cccc(F)c2)C1. The number of halogens is 1. The van der Waals surface area contributed by atoms with Gasteiger partial charge in [0.2, 0.25) is 5.91 Å². The van der Waals surface area contributed by atoms with Crippen LogP contribution in [0.2, 0.25) is 0 Å². The Morgan fingerprint density at radius 1 is 1.45 bits per heavy atom. The molecule has 0 bridgehead atoms. The predicted octanol–water partition coefficient (Wildman–Crippen LogP) is -0.625. The van der Waals surface area contributed by atoms with E-state index in [1.165, 1.54) is 21.9 Å². The van der Waals surface area contributed by atoms with Gasteiger partial charge < -0.3 is 20.4 Å². The van der Waals surface area contributed by atoms with Crippen molar-refractivity contribution in [2.45, 2.75) is 12.5 Å². The molecule has 3 N–H and O–H groups in total. The van der Waals surface area contributed by atoms with Crippen LogP contribution < -0.4 is 20.4 Å². The summed E-state index contributed by atoms with van der Waals surface area (Å²) in [5, 5.41) is 5.54. The molecule has 2 rings (SSSR count). The molecule has 0 radical (unpaired) electrons. The van der Waals surface area contributed by atoms with Gasteiger partial charge in [-0.1, -0.05) is 6.07 Å². The van der Waals surface area contributed by atoms with Gasteiger partial charge in [-0.25, -0.2) is 9.18 Å². The summed E-state index contributed by atoms with van der Waals surface area (Å²) in [7, 11) is 4.01. The van der Waals surface area contributed by atoms with E-state index in [9.17, 15) is 14.0 Å². The molecular weight excluding hydrogens is 287 g/mol. The van der Waals surface area contributed by atoms with Crippen LogP contribution in [0.25, 0.3) is 0 Å². The van der Waals surface area contributed by atoms with Gasteiger partial charge in [0.05, 0.1) is 33.2 Å². The molecule has 7 heteroatoms. The van der Waals surface area contributed by atoms with Crippen molar-refractivity contribution in [2.75, 3.05) is 38.6 Å². The number of rotatable bonds is 5. The number of hydrogen-bond donors (Lipinski definition) is 3. The summed E-state index contributed by atoms with van der Waals surface area (Å²) in [5.74, 6) is -0.501. The van der Waals surface area contributed by atoms with Gasteiger partial charge in [0.1, 0.15) is 5.82 Å². The zero-order valence-corrected chi connectivity index (χ0v) is 12.9. The number of anilines is 1. The number of nitrogens with zero attached hydrogens (tertiary/aromatic N) is 1. The van der Waals surface area contributed by atoms with Crippen molar-refractivity contribution in [3.05, 3.63) is 30.1 Å². The molecule has 1 saturated heterocycles. The molecule has 120 valence electrons. The standard InChI is InChI=1S/C15H21FN4O2/c1-19(2)7-6-17-15(22)18-12-9-14(21)20(10-12)13-5-3-4-11(16)8-13/h3-5,8,12H,6-7,9-10H2,1-2H3,(H2,17,18,22)/p+1/t12-/m1/s1. The molecule has 0 aliphatic carbocycles. The second-order valence-corrected chi connectivity index (χ2v) is 5.74. The lowest BCUT2D eigenvalue weighted by Gasteiger charge is -2.17. The minimum atomic E-state index is -0.384. The van der Waals surface area contributed by atoms with Crippen molar-refractivity contribution in [1.82, 2.24) is 10.6 Å². The van der Waals surface area contributed by atoms with E-state index in [0.717, 1.165) is 6.54 Å². The van der Waals surface area contributed by atoms with Crippen molar-refractivity contribution in [1.29, 1.82) is 0 Å². The number of nitrogens with one attached hydrogen (secondary N) is 3. The highest BCUT2D eigenvalue weighted by Gasteiger charge is 2.31. The lowest BCUT2D eigenvalue weighted by molar-refractivity contribution is -0.856. The fourth-order valence-electron chi connectivity index (χ4n) is 2.36. The number of benzene rings is 1. The Hall–Kier alpha value is -2.15. The quantitative estimate of drug-likeness (QED) is 0.678. The fourth-order valence-corrected chi connectivity index (χ4v) is 2.36. The highest BCUT2D eigenvalue weighted by molar-refractivity contribution is 5.96. The van der Waals surface area contributed by atoms with Crippen LogP contribution in [0.4, 0.5) is 14.9 Å². The van der Waals surface area contributed by atoms with Crippen LogP contribution in [0, 0.1) is 5.82 Å². The van der Waals surface area contributed by atoms with Gasteiger partial charge in [0.15, 0.2) is 0 Å². The van der Waals surface area contributed by atoms with Gasteiger partial charge in [-0.2, -0.15) is 0 Å². The first-order chi connectivity index (χ1) is 10.5. The summed E-state index contributed by atoms with van der Waals surface area (Å²) in [6.07, 6.45) is 0.225. The van der Waals surface area contributed by atoms with Gasteiger partial charge in [-0.3, -0.25) is 4.79 Å². The summed E-state index contributed by atoms with van der Waals surface area (Å²) >= 11 is 0. The Balaban J connectivity index is 1.86. The molecule has 1 aromatic carbocycles. The van der Waals surface area contributed by atoms with E-state index in [-0.39, 0.29) is 30.2 Å². The molecule has 0 aromatic heterocycles. The maximum atomic E-state index is 13.2. The Morgan fingerprint density at radius 2 is 2.23 bits per heavy atom. The highest BCUT2D eigenvalue weighted by atomic mass is 19.1. The van der Waals surface area contributed by atoms with E-state index in [1.807, 2.05) is 14.1 Å². The lowest BCUT2D eigenvalue weighted by Crippen LogP contribution is -3.06. The molecule has 3 amide bonds. The molecule has 1 heterocycles.